The van der Waals surface area contributed by atoms with Gasteiger partial charge in [0.15, 0.2) is 0 Å². The SMILES string of the molecule is CCOc1ccc(C(Br)c2cccc(C)c2Cl)cc1Br. The maximum Gasteiger partial charge on any atom is 0.133 e. The van der Waals surface area contributed by atoms with Gasteiger partial charge in [-0.25, -0.2) is 0 Å². The van der Waals surface area contributed by atoms with Gasteiger partial charge in [0.1, 0.15) is 5.75 Å². The molecule has 4 heteroatoms. The van der Waals surface area contributed by atoms with Gasteiger partial charge in [0.25, 0.3) is 0 Å². The number of benzene rings is 2. The van der Waals surface area contributed by atoms with Crippen LogP contribution in [-0.2, 0) is 0 Å². The van der Waals surface area contributed by atoms with Crippen molar-refractivity contribution in [2.24, 2.45) is 0 Å². The Bertz CT molecular complexity index is 613. The Hall–Kier alpha value is -0.510. The highest BCUT2D eigenvalue weighted by Gasteiger charge is 2.16. The molecule has 0 N–H and O–H groups in total. The van der Waals surface area contributed by atoms with Crippen LogP contribution >= 0.6 is 43.5 Å². The van der Waals surface area contributed by atoms with E-state index in [1.165, 1.54) is 0 Å². The molecule has 0 bridgehead atoms. The van der Waals surface area contributed by atoms with E-state index in [0.717, 1.165) is 31.9 Å². The normalized spacial score (nSPS) is 12.2. The summed E-state index contributed by atoms with van der Waals surface area (Å²) in [4.78, 5) is 0.0573. The third-order valence-electron chi connectivity index (χ3n) is 3.04. The summed E-state index contributed by atoms with van der Waals surface area (Å²) in [7, 11) is 0. The zero-order valence-corrected chi connectivity index (χ0v) is 15.2. The van der Waals surface area contributed by atoms with Gasteiger partial charge in [0.05, 0.1) is 15.9 Å². The Kier molecular flexibility index (Phi) is 5.53. The number of rotatable bonds is 4. The Morgan fingerprint density at radius 2 is 2.00 bits per heavy atom. The Morgan fingerprint density at radius 3 is 2.65 bits per heavy atom. The van der Waals surface area contributed by atoms with Gasteiger partial charge in [0, 0.05) is 5.02 Å². The first-order valence-corrected chi connectivity index (χ1v) is 8.44. The van der Waals surface area contributed by atoms with Crippen LogP contribution in [0, 0.1) is 6.92 Å². The van der Waals surface area contributed by atoms with Gasteiger partial charge in [-0.3, -0.25) is 0 Å². The summed E-state index contributed by atoms with van der Waals surface area (Å²) in [5.41, 5.74) is 3.29. The maximum atomic E-state index is 6.39. The maximum absolute atomic E-state index is 6.39. The minimum absolute atomic E-state index is 0.0573. The molecule has 0 spiro atoms. The summed E-state index contributed by atoms with van der Waals surface area (Å²) < 4.78 is 6.48. The number of alkyl halides is 1. The number of hydrogen-bond acceptors (Lipinski definition) is 1. The lowest BCUT2D eigenvalue weighted by atomic mass is 10.0. The van der Waals surface area contributed by atoms with Crippen LogP contribution in [0.2, 0.25) is 5.02 Å². The lowest BCUT2D eigenvalue weighted by Gasteiger charge is -2.15. The van der Waals surface area contributed by atoms with Gasteiger partial charge in [-0.1, -0.05) is 51.8 Å². The highest BCUT2D eigenvalue weighted by molar-refractivity contribution is 9.10. The fourth-order valence-electron chi connectivity index (χ4n) is 1.99. The predicted octanol–water partition coefficient (Wildman–Crippen LogP) is 6.29. The van der Waals surface area contributed by atoms with Crippen molar-refractivity contribution in [1.29, 1.82) is 0 Å². The molecule has 1 nitrogen and oxygen atoms in total. The first-order chi connectivity index (χ1) is 9.54. The van der Waals surface area contributed by atoms with Crippen molar-refractivity contribution < 1.29 is 4.74 Å². The molecule has 0 aliphatic carbocycles. The first-order valence-electron chi connectivity index (χ1n) is 6.36. The van der Waals surface area contributed by atoms with Gasteiger partial charge in [-0.2, -0.15) is 0 Å². The van der Waals surface area contributed by atoms with Crippen molar-refractivity contribution in [3.05, 3.63) is 62.6 Å². The molecule has 1 atom stereocenters. The first kappa shape index (κ1) is 15.9. The van der Waals surface area contributed by atoms with E-state index in [1.54, 1.807) is 0 Å². The summed E-state index contributed by atoms with van der Waals surface area (Å²) in [6.07, 6.45) is 0. The monoisotopic (exact) mass is 416 g/mol. The number of ether oxygens (including phenoxy) is 1. The van der Waals surface area contributed by atoms with Crippen LogP contribution in [0.25, 0.3) is 0 Å². The minimum Gasteiger partial charge on any atom is -0.493 e. The minimum atomic E-state index is 0.0573. The molecular formula is C16H15Br2ClO. The summed E-state index contributed by atoms with van der Waals surface area (Å²) in [6, 6.07) is 12.2. The molecule has 0 saturated heterocycles. The van der Waals surface area contributed by atoms with Crippen LogP contribution < -0.4 is 4.74 Å². The van der Waals surface area contributed by atoms with E-state index in [-0.39, 0.29) is 4.83 Å². The molecule has 0 saturated carbocycles. The van der Waals surface area contributed by atoms with Gasteiger partial charge >= 0.3 is 0 Å². The Labute approximate surface area is 141 Å². The molecule has 2 rings (SSSR count). The predicted molar refractivity (Wildman–Crippen MR) is 92.3 cm³/mol. The second-order valence-corrected chi connectivity index (χ2v) is 6.61. The fraction of sp³-hybridized carbons (Fsp3) is 0.250. The molecule has 2 aromatic rings. The highest BCUT2D eigenvalue weighted by atomic mass is 79.9. The number of halogens is 3. The Morgan fingerprint density at radius 1 is 1.25 bits per heavy atom. The lowest BCUT2D eigenvalue weighted by molar-refractivity contribution is 0.338. The molecular weight excluding hydrogens is 403 g/mol. The fourth-order valence-corrected chi connectivity index (χ4v) is 3.54. The van der Waals surface area contributed by atoms with Crippen molar-refractivity contribution in [1.82, 2.24) is 0 Å². The van der Waals surface area contributed by atoms with Crippen LogP contribution in [0.4, 0.5) is 0 Å². The van der Waals surface area contributed by atoms with Gasteiger partial charge in [-0.05, 0) is 58.6 Å². The van der Waals surface area contributed by atoms with Crippen LogP contribution in [0.5, 0.6) is 5.75 Å². The van der Waals surface area contributed by atoms with Crippen LogP contribution in [0.15, 0.2) is 40.9 Å². The molecule has 1 unspecified atom stereocenters. The zero-order chi connectivity index (χ0) is 14.7. The average Bonchev–Trinajstić information content (AvgIpc) is 2.43. The van der Waals surface area contributed by atoms with Crippen molar-refractivity contribution in [2.75, 3.05) is 6.61 Å². The van der Waals surface area contributed by atoms with Crippen molar-refractivity contribution >= 4 is 43.5 Å². The molecule has 0 aliphatic rings. The molecule has 2 aromatic carbocycles. The van der Waals surface area contributed by atoms with Crippen molar-refractivity contribution in [3.63, 3.8) is 0 Å². The van der Waals surface area contributed by atoms with Gasteiger partial charge < -0.3 is 4.74 Å². The molecule has 0 aromatic heterocycles. The van der Waals surface area contributed by atoms with Crippen LogP contribution in [0.3, 0.4) is 0 Å². The molecule has 0 amide bonds. The van der Waals surface area contributed by atoms with Crippen molar-refractivity contribution in [3.8, 4) is 5.75 Å². The standard InChI is InChI=1S/C16H15Br2ClO/c1-3-20-14-8-7-11(9-13(14)17)15(18)12-6-4-5-10(2)16(12)19/h4-9,15H,3H2,1-2H3. The number of hydrogen-bond donors (Lipinski definition) is 0. The molecule has 0 fully saturated rings. The molecule has 20 heavy (non-hydrogen) atoms. The quantitative estimate of drug-likeness (QED) is 0.530. The lowest BCUT2D eigenvalue weighted by Crippen LogP contribution is -1.97. The summed E-state index contributed by atoms with van der Waals surface area (Å²) in [5.74, 6) is 0.853. The molecule has 0 heterocycles. The second-order valence-electron chi connectivity index (χ2n) is 4.46. The van der Waals surface area contributed by atoms with E-state index in [4.69, 9.17) is 16.3 Å². The van der Waals surface area contributed by atoms with E-state index in [1.807, 2.05) is 44.2 Å². The van der Waals surface area contributed by atoms with E-state index >= 15 is 0 Å². The smallest absolute Gasteiger partial charge is 0.133 e. The zero-order valence-electron chi connectivity index (χ0n) is 11.3. The molecule has 0 radical (unpaired) electrons. The molecule has 106 valence electrons. The Balaban J connectivity index is 2.36. The largest absolute Gasteiger partial charge is 0.493 e. The van der Waals surface area contributed by atoms with Crippen LogP contribution in [0.1, 0.15) is 28.4 Å². The van der Waals surface area contributed by atoms with E-state index in [9.17, 15) is 0 Å². The van der Waals surface area contributed by atoms with Gasteiger partial charge in [-0.15, -0.1) is 0 Å². The van der Waals surface area contributed by atoms with Crippen molar-refractivity contribution in [2.45, 2.75) is 18.7 Å². The topological polar surface area (TPSA) is 9.23 Å². The summed E-state index contributed by atoms with van der Waals surface area (Å²) in [5, 5.41) is 0.805. The second kappa shape index (κ2) is 6.97. The van der Waals surface area contributed by atoms with E-state index in [2.05, 4.69) is 37.9 Å². The third kappa shape index (κ3) is 3.38. The third-order valence-corrected chi connectivity index (χ3v) is 5.20. The molecule has 0 aliphatic heterocycles. The average molecular weight is 419 g/mol. The van der Waals surface area contributed by atoms with Crippen LogP contribution in [-0.4, -0.2) is 6.61 Å². The number of aryl methyl sites for hydroxylation is 1. The summed E-state index contributed by atoms with van der Waals surface area (Å²) in [6.45, 7) is 4.64. The van der Waals surface area contributed by atoms with E-state index in [0.29, 0.717) is 6.61 Å². The summed E-state index contributed by atoms with van der Waals surface area (Å²) >= 11 is 13.7. The van der Waals surface area contributed by atoms with Gasteiger partial charge in [0.2, 0.25) is 0 Å². The van der Waals surface area contributed by atoms with E-state index < -0.39 is 0 Å². The highest BCUT2D eigenvalue weighted by Crippen LogP contribution is 2.39.